The minimum absolute atomic E-state index is 0.0787. The lowest BCUT2D eigenvalue weighted by atomic mass is 10.0. The molecule has 0 amide bonds. The largest absolute Gasteiger partial charge is 0.416 e. The first-order valence-corrected chi connectivity index (χ1v) is 12.8. The van der Waals surface area contributed by atoms with Crippen LogP contribution in [0, 0.1) is 19.7 Å². The van der Waals surface area contributed by atoms with E-state index in [0.717, 1.165) is 33.6 Å². The molecule has 1 heterocycles. The van der Waals surface area contributed by atoms with E-state index in [4.69, 9.17) is 11.6 Å². The number of fused-ring (bicyclic) bond motifs is 1. The highest BCUT2D eigenvalue weighted by Gasteiger charge is 2.35. The molecule has 0 aliphatic carbocycles. The Morgan fingerprint density at radius 1 is 0.919 bits per heavy atom. The summed E-state index contributed by atoms with van der Waals surface area (Å²) < 4.78 is 81.8. The zero-order valence-corrected chi connectivity index (χ0v) is 21.2. The van der Waals surface area contributed by atoms with Gasteiger partial charge in [0.1, 0.15) is 10.7 Å². The Morgan fingerprint density at radius 3 is 2.22 bits per heavy atom. The van der Waals surface area contributed by atoms with E-state index >= 15 is 0 Å². The van der Waals surface area contributed by atoms with Crippen LogP contribution in [0.3, 0.4) is 0 Å². The topological polar surface area (TPSA) is 70.2 Å². The maximum atomic E-state index is 13.7. The second-order valence-electron chi connectivity index (χ2n) is 8.65. The van der Waals surface area contributed by atoms with E-state index in [1.165, 1.54) is 12.1 Å². The van der Waals surface area contributed by atoms with E-state index in [1.807, 2.05) is 26.0 Å². The van der Waals surface area contributed by atoms with Gasteiger partial charge in [0.15, 0.2) is 0 Å². The maximum Gasteiger partial charge on any atom is 0.416 e. The summed E-state index contributed by atoms with van der Waals surface area (Å²) in [6.07, 6.45) is -4.80. The minimum Gasteiger partial charge on any atom is -0.321 e. The molecule has 0 aliphatic rings. The molecular weight excluding hydrogens is 532 g/mol. The number of alkyl halides is 3. The number of benzene rings is 3. The first-order valence-electron chi connectivity index (χ1n) is 11.0. The third-order valence-electron chi connectivity index (χ3n) is 6.02. The zero-order chi connectivity index (χ0) is 27.1. The smallest absolute Gasteiger partial charge is 0.321 e. The molecule has 37 heavy (non-hydrogen) atoms. The molecule has 1 aromatic heterocycles. The number of sulfonamides is 1. The SMILES string of the molecule is Cc1ccc(C)c2[nH]c(=O)c(CN(Cc3ccc(F)cc3)S(=O)(=O)c3cc(C(F)(F)F)ccc3Cl)cc12. The molecule has 0 saturated carbocycles. The van der Waals surface area contributed by atoms with Crippen molar-refractivity contribution in [2.75, 3.05) is 0 Å². The number of halogens is 5. The van der Waals surface area contributed by atoms with Crippen LogP contribution in [0.15, 0.2) is 70.4 Å². The lowest BCUT2D eigenvalue weighted by molar-refractivity contribution is -0.137. The van der Waals surface area contributed by atoms with Crippen LogP contribution in [0.4, 0.5) is 17.6 Å². The van der Waals surface area contributed by atoms with Crippen LogP contribution in [0.1, 0.15) is 27.8 Å². The minimum atomic E-state index is -4.80. The van der Waals surface area contributed by atoms with Gasteiger partial charge in [-0.25, -0.2) is 12.8 Å². The fourth-order valence-electron chi connectivity index (χ4n) is 3.96. The second kappa shape index (κ2) is 9.92. The predicted molar refractivity (Wildman–Crippen MR) is 133 cm³/mol. The van der Waals surface area contributed by atoms with Crippen molar-refractivity contribution >= 4 is 32.5 Å². The average molecular weight is 553 g/mol. The Hall–Kier alpha value is -3.21. The van der Waals surface area contributed by atoms with Crippen LogP contribution >= 0.6 is 11.6 Å². The van der Waals surface area contributed by atoms with E-state index in [9.17, 15) is 30.8 Å². The fraction of sp³-hybridized carbons (Fsp3) is 0.192. The molecule has 0 bridgehead atoms. The molecule has 4 rings (SSSR count). The van der Waals surface area contributed by atoms with Gasteiger partial charge in [-0.05, 0) is 66.9 Å². The normalized spacial score (nSPS) is 12.4. The third kappa shape index (κ3) is 5.56. The quantitative estimate of drug-likeness (QED) is 0.283. The Balaban J connectivity index is 1.86. The molecule has 0 aliphatic heterocycles. The summed E-state index contributed by atoms with van der Waals surface area (Å²) in [5.74, 6) is -0.545. The van der Waals surface area contributed by atoms with Crippen molar-refractivity contribution in [3.63, 3.8) is 0 Å². The van der Waals surface area contributed by atoms with Gasteiger partial charge in [-0.3, -0.25) is 4.79 Å². The van der Waals surface area contributed by atoms with Crippen molar-refractivity contribution in [1.82, 2.24) is 9.29 Å². The zero-order valence-electron chi connectivity index (χ0n) is 19.7. The van der Waals surface area contributed by atoms with Gasteiger partial charge in [0.05, 0.1) is 16.1 Å². The molecule has 0 spiro atoms. The number of rotatable bonds is 6. The van der Waals surface area contributed by atoms with Gasteiger partial charge in [0.2, 0.25) is 10.0 Å². The summed E-state index contributed by atoms with van der Waals surface area (Å²) in [5, 5.41) is 0.293. The number of hydrogen-bond donors (Lipinski definition) is 1. The molecule has 0 radical (unpaired) electrons. The van der Waals surface area contributed by atoms with Crippen molar-refractivity contribution < 1.29 is 26.0 Å². The molecule has 11 heteroatoms. The summed E-state index contributed by atoms with van der Waals surface area (Å²) in [7, 11) is -4.65. The number of nitrogens with zero attached hydrogens (tertiary/aromatic N) is 1. The highest BCUT2D eigenvalue weighted by molar-refractivity contribution is 7.89. The first kappa shape index (κ1) is 26.8. The fourth-order valence-corrected chi connectivity index (χ4v) is 5.87. The molecule has 5 nitrogen and oxygen atoms in total. The number of pyridine rings is 1. The van der Waals surface area contributed by atoms with Crippen molar-refractivity contribution in [2.45, 2.75) is 38.0 Å². The van der Waals surface area contributed by atoms with Gasteiger partial charge in [-0.15, -0.1) is 0 Å². The number of aromatic amines is 1. The Morgan fingerprint density at radius 2 is 1.57 bits per heavy atom. The summed E-state index contributed by atoms with van der Waals surface area (Å²) in [4.78, 5) is 15.0. The van der Waals surface area contributed by atoms with E-state index in [0.29, 0.717) is 28.6 Å². The van der Waals surface area contributed by atoms with Gasteiger partial charge < -0.3 is 4.98 Å². The van der Waals surface area contributed by atoms with Gasteiger partial charge in [0, 0.05) is 24.0 Å². The highest BCUT2D eigenvalue weighted by Crippen LogP contribution is 2.35. The monoisotopic (exact) mass is 552 g/mol. The molecule has 0 fully saturated rings. The van der Waals surface area contributed by atoms with Crippen molar-refractivity contribution in [1.29, 1.82) is 0 Å². The molecule has 1 N–H and O–H groups in total. The summed E-state index contributed by atoms with van der Waals surface area (Å²) >= 11 is 6.06. The standard InChI is InChI=1S/C26H21ClF4N2O3S/c1-15-3-4-16(2)24-21(15)11-18(25(34)32-24)14-33(13-17-5-8-20(28)9-6-17)37(35,36)23-12-19(26(29,30)31)7-10-22(23)27/h3-12H,13-14H2,1-2H3,(H,32,34). The molecule has 194 valence electrons. The number of aromatic nitrogens is 1. The lowest BCUT2D eigenvalue weighted by Gasteiger charge is -2.24. The Bertz CT molecular complexity index is 1650. The van der Waals surface area contributed by atoms with Crippen LogP contribution in [0.2, 0.25) is 5.02 Å². The first-order chi connectivity index (χ1) is 17.3. The van der Waals surface area contributed by atoms with Crippen LogP contribution in [-0.4, -0.2) is 17.7 Å². The van der Waals surface area contributed by atoms with Gasteiger partial charge in [-0.1, -0.05) is 35.9 Å². The third-order valence-corrected chi connectivity index (χ3v) is 8.29. The van der Waals surface area contributed by atoms with Crippen molar-refractivity contribution in [3.8, 4) is 0 Å². The van der Waals surface area contributed by atoms with E-state index in [1.54, 1.807) is 6.07 Å². The molecular formula is C26H21ClF4N2O3S. The Kier molecular flexibility index (Phi) is 7.20. The number of hydrogen-bond acceptors (Lipinski definition) is 3. The van der Waals surface area contributed by atoms with E-state index in [2.05, 4.69) is 4.98 Å². The lowest BCUT2D eigenvalue weighted by Crippen LogP contribution is -2.33. The Labute approximate surface area is 215 Å². The molecule has 3 aromatic carbocycles. The summed E-state index contributed by atoms with van der Waals surface area (Å²) in [6.45, 7) is 2.84. The summed E-state index contributed by atoms with van der Waals surface area (Å²) in [6, 6.07) is 12.2. The highest BCUT2D eigenvalue weighted by atomic mass is 35.5. The van der Waals surface area contributed by atoms with E-state index < -0.39 is 49.6 Å². The van der Waals surface area contributed by atoms with Crippen LogP contribution in [-0.2, 0) is 29.3 Å². The number of aryl methyl sites for hydroxylation is 2. The molecule has 0 unspecified atom stereocenters. The molecule has 0 saturated heterocycles. The van der Waals surface area contributed by atoms with Gasteiger partial charge >= 0.3 is 6.18 Å². The van der Waals surface area contributed by atoms with Gasteiger partial charge in [0.25, 0.3) is 5.56 Å². The predicted octanol–water partition coefficient (Wildman–Crippen LogP) is 6.35. The molecule has 4 aromatic rings. The van der Waals surface area contributed by atoms with Crippen molar-refractivity contribution in [2.24, 2.45) is 0 Å². The molecule has 0 atom stereocenters. The number of H-pyrrole nitrogens is 1. The van der Waals surface area contributed by atoms with Crippen molar-refractivity contribution in [3.05, 3.63) is 110 Å². The second-order valence-corrected chi connectivity index (χ2v) is 11.0. The number of nitrogens with one attached hydrogen (secondary N) is 1. The van der Waals surface area contributed by atoms with Crippen LogP contribution < -0.4 is 5.56 Å². The van der Waals surface area contributed by atoms with E-state index in [-0.39, 0.29) is 12.1 Å². The van der Waals surface area contributed by atoms with Crippen LogP contribution in [0.5, 0.6) is 0 Å². The average Bonchev–Trinajstić information content (AvgIpc) is 2.82. The summed E-state index contributed by atoms with van der Waals surface area (Å²) in [5.41, 5.74) is 0.958. The van der Waals surface area contributed by atoms with Crippen LogP contribution in [0.25, 0.3) is 10.9 Å². The maximum absolute atomic E-state index is 13.7. The van der Waals surface area contributed by atoms with Gasteiger partial charge in [-0.2, -0.15) is 17.5 Å².